The van der Waals surface area contributed by atoms with Crippen LogP contribution in [0.4, 0.5) is 10.2 Å². The topological polar surface area (TPSA) is 24.9 Å². The van der Waals surface area contributed by atoms with E-state index in [1.54, 1.807) is 6.07 Å². The summed E-state index contributed by atoms with van der Waals surface area (Å²) >= 11 is 0. The molecule has 0 amide bonds. The molecule has 3 heteroatoms. The van der Waals surface area contributed by atoms with Crippen molar-refractivity contribution in [1.82, 2.24) is 4.98 Å². The van der Waals surface area contributed by atoms with E-state index in [-0.39, 0.29) is 11.9 Å². The highest BCUT2D eigenvalue weighted by molar-refractivity contribution is 5.38. The summed E-state index contributed by atoms with van der Waals surface area (Å²) in [4.78, 5) is 3.98. The quantitative estimate of drug-likeness (QED) is 0.869. The van der Waals surface area contributed by atoms with Gasteiger partial charge in [-0.3, -0.25) is 0 Å². The second-order valence-corrected chi connectivity index (χ2v) is 4.14. The Morgan fingerprint density at radius 1 is 1.12 bits per heavy atom. The number of aromatic nitrogens is 1. The van der Waals surface area contributed by atoms with Gasteiger partial charge in [0.2, 0.25) is 0 Å². The van der Waals surface area contributed by atoms with E-state index in [9.17, 15) is 4.39 Å². The van der Waals surface area contributed by atoms with Crippen LogP contribution < -0.4 is 5.32 Å². The van der Waals surface area contributed by atoms with Crippen molar-refractivity contribution in [3.8, 4) is 0 Å². The largest absolute Gasteiger partial charge is 0.364 e. The predicted molar refractivity (Wildman–Crippen MR) is 67.4 cm³/mol. The van der Waals surface area contributed by atoms with E-state index in [1.165, 1.54) is 23.4 Å². The molecule has 2 nitrogen and oxygen atoms in total. The van der Waals surface area contributed by atoms with Gasteiger partial charge in [-0.2, -0.15) is 0 Å². The highest BCUT2D eigenvalue weighted by atomic mass is 19.1. The molecule has 1 aromatic heterocycles. The highest BCUT2D eigenvalue weighted by Crippen LogP contribution is 2.18. The van der Waals surface area contributed by atoms with Crippen LogP contribution in [-0.4, -0.2) is 4.98 Å². The minimum Gasteiger partial charge on any atom is -0.364 e. The van der Waals surface area contributed by atoms with Gasteiger partial charge in [-0.1, -0.05) is 29.8 Å². The fourth-order valence-electron chi connectivity index (χ4n) is 1.62. The van der Waals surface area contributed by atoms with Gasteiger partial charge in [0.05, 0.1) is 6.20 Å². The number of nitrogens with one attached hydrogen (secondary N) is 1. The Morgan fingerprint density at radius 2 is 1.82 bits per heavy atom. The Labute approximate surface area is 101 Å². The molecule has 0 bridgehead atoms. The zero-order valence-electron chi connectivity index (χ0n) is 9.94. The smallest absolute Gasteiger partial charge is 0.141 e. The maximum Gasteiger partial charge on any atom is 0.141 e. The number of pyridine rings is 1. The lowest BCUT2D eigenvalue weighted by Crippen LogP contribution is -2.07. The number of halogens is 1. The molecule has 0 radical (unpaired) electrons. The van der Waals surface area contributed by atoms with Gasteiger partial charge in [0.1, 0.15) is 11.6 Å². The zero-order chi connectivity index (χ0) is 12.3. The summed E-state index contributed by atoms with van der Waals surface area (Å²) in [5.41, 5.74) is 2.42. The first-order chi connectivity index (χ1) is 8.15. The van der Waals surface area contributed by atoms with Gasteiger partial charge in [0.25, 0.3) is 0 Å². The van der Waals surface area contributed by atoms with Gasteiger partial charge in [0, 0.05) is 6.04 Å². The van der Waals surface area contributed by atoms with Crippen LogP contribution >= 0.6 is 0 Å². The molecule has 2 aromatic rings. The average molecular weight is 230 g/mol. The second-order valence-electron chi connectivity index (χ2n) is 4.14. The van der Waals surface area contributed by atoms with E-state index in [2.05, 4.69) is 48.4 Å². The van der Waals surface area contributed by atoms with E-state index < -0.39 is 0 Å². The third-order valence-electron chi connectivity index (χ3n) is 2.67. The van der Waals surface area contributed by atoms with Crippen molar-refractivity contribution in [2.24, 2.45) is 0 Å². The average Bonchev–Trinajstić information content (AvgIpc) is 2.33. The molecule has 0 fully saturated rings. The van der Waals surface area contributed by atoms with Crippen molar-refractivity contribution in [3.63, 3.8) is 0 Å². The molecule has 0 saturated heterocycles. The molecule has 1 aromatic carbocycles. The van der Waals surface area contributed by atoms with Crippen molar-refractivity contribution in [3.05, 3.63) is 59.5 Å². The molecule has 0 aliphatic heterocycles. The minimum atomic E-state index is -0.321. The number of anilines is 1. The van der Waals surface area contributed by atoms with Crippen LogP contribution in [0.15, 0.2) is 42.6 Å². The molecule has 1 N–H and O–H groups in total. The summed E-state index contributed by atoms with van der Waals surface area (Å²) in [6, 6.07) is 11.5. The molecule has 2 rings (SSSR count). The van der Waals surface area contributed by atoms with Crippen molar-refractivity contribution in [2.75, 3.05) is 5.32 Å². The van der Waals surface area contributed by atoms with Gasteiger partial charge in [-0.15, -0.1) is 0 Å². The number of hydrogen-bond donors (Lipinski definition) is 1. The van der Waals surface area contributed by atoms with Crippen LogP contribution in [0, 0.1) is 12.7 Å². The van der Waals surface area contributed by atoms with Gasteiger partial charge in [-0.05, 0) is 31.5 Å². The number of nitrogens with zero attached hydrogens (tertiary/aromatic N) is 1. The van der Waals surface area contributed by atoms with Gasteiger partial charge < -0.3 is 5.32 Å². The molecule has 88 valence electrons. The molecule has 1 heterocycles. The molecule has 0 spiro atoms. The standard InChI is InChI=1S/C14H15FN2/c1-10-3-5-12(6-4-10)11(2)17-14-8-7-13(15)9-16-14/h3-9,11H,1-2H3,(H,16,17). The number of rotatable bonds is 3. The number of benzene rings is 1. The molecular weight excluding hydrogens is 215 g/mol. The van der Waals surface area contributed by atoms with Crippen molar-refractivity contribution in [2.45, 2.75) is 19.9 Å². The van der Waals surface area contributed by atoms with E-state index >= 15 is 0 Å². The van der Waals surface area contributed by atoms with E-state index in [1.807, 2.05) is 0 Å². The Balaban J connectivity index is 2.08. The van der Waals surface area contributed by atoms with Crippen LogP contribution in [0.5, 0.6) is 0 Å². The van der Waals surface area contributed by atoms with Gasteiger partial charge in [-0.25, -0.2) is 9.37 Å². The third kappa shape index (κ3) is 3.03. The monoisotopic (exact) mass is 230 g/mol. The molecule has 0 aliphatic carbocycles. The van der Waals surface area contributed by atoms with E-state index in [4.69, 9.17) is 0 Å². The summed E-state index contributed by atoms with van der Waals surface area (Å²) in [6.45, 7) is 4.11. The number of hydrogen-bond acceptors (Lipinski definition) is 2. The Hall–Kier alpha value is -1.90. The normalized spacial score (nSPS) is 12.2. The van der Waals surface area contributed by atoms with Crippen LogP contribution in [0.25, 0.3) is 0 Å². The van der Waals surface area contributed by atoms with Crippen molar-refractivity contribution in [1.29, 1.82) is 0 Å². The second kappa shape index (κ2) is 4.95. The molecule has 0 saturated carbocycles. The molecule has 17 heavy (non-hydrogen) atoms. The van der Waals surface area contributed by atoms with Crippen molar-refractivity contribution < 1.29 is 4.39 Å². The molecule has 1 unspecified atom stereocenters. The lowest BCUT2D eigenvalue weighted by Gasteiger charge is -2.15. The van der Waals surface area contributed by atoms with E-state index in [0.717, 1.165) is 0 Å². The highest BCUT2D eigenvalue weighted by Gasteiger charge is 2.05. The SMILES string of the molecule is Cc1ccc(C(C)Nc2ccc(F)cn2)cc1. The summed E-state index contributed by atoms with van der Waals surface area (Å²) in [7, 11) is 0. The third-order valence-corrected chi connectivity index (χ3v) is 2.67. The van der Waals surface area contributed by atoms with Crippen molar-refractivity contribution >= 4 is 5.82 Å². The van der Waals surface area contributed by atoms with Crippen LogP contribution in [0.1, 0.15) is 24.1 Å². The first-order valence-corrected chi connectivity index (χ1v) is 5.60. The predicted octanol–water partition coefficient (Wildman–Crippen LogP) is 3.70. The molecular formula is C14H15FN2. The summed E-state index contributed by atoms with van der Waals surface area (Å²) < 4.78 is 12.7. The Bertz CT molecular complexity index is 477. The van der Waals surface area contributed by atoms with Crippen LogP contribution in [-0.2, 0) is 0 Å². The van der Waals surface area contributed by atoms with Crippen LogP contribution in [0.3, 0.4) is 0 Å². The Morgan fingerprint density at radius 3 is 2.41 bits per heavy atom. The fourth-order valence-corrected chi connectivity index (χ4v) is 1.62. The summed E-state index contributed by atoms with van der Waals surface area (Å²) in [6.07, 6.45) is 1.21. The fraction of sp³-hybridized carbons (Fsp3) is 0.214. The summed E-state index contributed by atoms with van der Waals surface area (Å²) in [5.74, 6) is 0.359. The van der Waals surface area contributed by atoms with Gasteiger partial charge in [0.15, 0.2) is 0 Å². The van der Waals surface area contributed by atoms with Gasteiger partial charge >= 0.3 is 0 Å². The minimum absolute atomic E-state index is 0.147. The first kappa shape index (κ1) is 11.6. The maximum absolute atomic E-state index is 12.7. The molecule has 1 atom stereocenters. The lowest BCUT2D eigenvalue weighted by atomic mass is 10.1. The van der Waals surface area contributed by atoms with E-state index in [0.29, 0.717) is 5.82 Å². The summed E-state index contributed by atoms with van der Waals surface area (Å²) in [5, 5.41) is 3.23. The zero-order valence-corrected chi connectivity index (χ0v) is 9.94. The lowest BCUT2D eigenvalue weighted by molar-refractivity contribution is 0.621. The number of aryl methyl sites for hydroxylation is 1. The molecule has 0 aliphatic rings. The maximum atomic E-state index is 12.7. The Kier molecular flexibility index (Phi) is 3.38. The van der Waals surface area contributed by atoms with Crippen LogP contribution in [0.2, 0.25) is 0 Å². The first-order valence-electron chi connectivity index (χ1n) is 5.60.